The number of carboxylic acids is 1. The Balaban J connectivity index is 1.63. The van der Waals surface area contributed by atoms with Gasteiger partial charge in [-0.3, -0.25) is 9.59 Å². The van der Waals surface area contributed by atoms with Crippen molar-refractivity contribution in [1.29, 1.82) is 0 Å². The molecule has 5 nitrogen and oxygen atoms in total. The minimum Gasteiger partial charge on any atom is -0.480 e. The van der Waals surface area contributed by atoms with E-state index in [2.05, 4.69) is 55.6 Å². The Morgan fingerprint density at radius 2 is 1.47 bits per heavy atom. The van der Waals surface area contributed by atoms with Crippen LogP contribution in [0.15, 0.2) is 78.9 Å². The molecule has 166 valence electrons. The Morgan fingerprint density at radius 3 is 2.03 bits per heavy atom. The third kappa shape index (κ3) is 6.05. The number of aliphatic carboxylic acids is 1. The number of amides is 1. The van der Waals surface area contributed by atoms with Crippen molar-refractivity contribution in [2.45, 2.75) is 32.2 Å². The van der Waals surface area contributed by atoms with Gasteiger partial charge in [-0.25, -0.2) is 0 Å². The molecule has 0 heterocycles. The fourth-order valence-corrected chi connectivity index (χ4v) is 3.73. The number of carbonyl (C=O) groups is 2. The summed E-state index contributed by atoms with van der Waals surface area (Å²) in [5.41, 5.74) is 10.4. The van der Waals surface area contributed by atoms with Gasteiger partial charge in [0.15, 0.2) is 0 Å². The summed E-state index contributed by atoms with van der Waals surface area (Å²) in [6.07, 6.45) is 0.228. The molecule has 0 saturated carbocycles. The van der Waals surface area contributed by atoms with Gasteiger partial charge in [0.1, 0.15) is 6.04 Å². The summed E-state index contributed by atoms with van der Waals surface area (Å²) in [7, 11) is 0. The average molecular weight is 431 g/mol. The summed E-state index contributed by atoms with van der Waals surface area (Å²) in [6.45, 7) is 4.84. The van der Waals surface area contributed by atoms with E-state index in [4.69, 9.17) is 10.8 Å². The number of hydrogen-bond acceptors (Lipinski definition) is 3. The summed E-state index contributed by atoms with van der Waals surface area (Å²) in [6, 6.07) is 24.8. The first-order valence-electron chi connectivity index (χ1n) is 10.9. The topological polar surface area (TPSA) is 92.4 Å². The van der Waals surface area contributed by atoms with Gasteiger partial charge in [0.2, 0.25) is 0 Å². The molecule has 2 atom stereocenters. The number of nitrogens with two attached hydrogens (primary N) is 1. The normalized spacial score (nSPS) is 12.9. The zero-order valence-electron chi connectivity index (χ0n) is 18.5. The number of rotatable bonds is 9. The van der Waals surface area contributed by atoms with Crippen LogP contribution in [0.4, 0.5) is 0 Å². The van der Waals surface area contributed by atoms with Crippen molar-refractivity contribution < 1.29 is 14.7 Å². The Morgan fingerprint density at radius 1 is 0.875 bits per heavy atom. The summed E-state index contributed by atoms with van der Waals surface area (Å²) >= 11 is 0. The van der Waals surface area contributed by atoms with E-state index in [-0.39, 0.29) is 18.2 Å². The first-order valence-corrected chi connectivity index (χ1v) is 10.9. The lowest BCUT2D eigenvalue weighted by molar-refractivity contribution is -0.138. The van der Waals surface area contributed by atoms with E-state index in [1.165, 1.54) is 16.7 Å². The molecular weight excluding hydrogens is 400 g/mol. The first kappa shape index (κ1) is 23.2. The zero-order valence-corrected chi connectivity index (χ0v) is 18.5. The predicted molar refractivity (Wildman–Crippen MR) is 128 cm³/mol. The van der Waals surface area contributed by atoms with Gasteiger partial charge in [0.05, 0.1) is 0 Å². The van der Waals surface area contributed by atoms with Gasteiger partial charge >= 0.3 is 5.97 Å². The van der Waals surface area contributed by atoms with E-state index in [1.54, 1.807) is 24.3 Å². The zero-order chi connectivity index (χ0) is 23.1. The molecule has 0 aromatic heterocycles. The highest BCUT2D eigenvalue weighted by atomic mass is 16.4. The smallest absolute Gasteiger partial charge is 0.320 e. The van der Waals surface area contributed by atoms with E-state index in [1.807, 2.05) is 18.2 Å². The van der Waals surface area contributed by atoms with Crippen molar-refractivity contribution in [1.82, 2.24) is 5.32 Å². The highest BCUT2D eigenvalue weighted by Crippen LogP contribution is 2.27. The molecule has 0 aliphatic heterocycles. The maximum Gasteiger partial charge on any atom is 0.320 e. The van der Waals surface area contributed by atoms with Gasteiger partial charge in [-0.1, -0.05) is 80.6 Å². The average Bonchev–Trinajstić information content (AvgIpc) is 2.80. The highest BCUT2D eigenvalue weighted by Gasteiger charge is 2.18. The van der Waals surface area contributed by atoms with E-state index in [9.17, 15) is 9.59 Å². The Kier molecular flexibility index (Phi) is 7.79. The van der Waals surface area contributed by atoms with Crippen LogP contribution in [0.25, 0.3) is 11.1 Å². The van der Waals surface area contributed by atoms with Crippen LogP contribution < -0.4 is 11.1 Å². The van der Waals surface area contributed by atoms with Crippen molar-refractivity contribution in [3.8, 4) is 11.1 Å². The molecule has 3 aromatic carbocycles. The molecule has 0 radical (unpaired) electrons. The van der Waals surface area contributed by atoms with Crippen LogP contribution >= 0.6 is 0 Å². The molecule has 0 aliphatic carbocycles. The standard InChI is InChI=1S/C27H30N2O3/c1-18(2)24(22-14-12-21(13-15-22)20-6-4-3-5-7-20)17-29-26(30)23-10-8-19(9-11-23)16-25(28)27(31)32/h3-15,18,24-25H,16-17,28H2,1-2H3,(H,29,30)(H,31,32)/t24?,25-/m0/s1. The lowest BCUT2D eigenvalue weighted by Gasteiger charge is -2.22. The van der Waals surface area contributed by atoms with Gasteiger partial charge in [-0.05, 0) is 46.7 Å². The largest absolute Gasteiger partial charge is 0.480 e. The lowest BCUT2D eigenvalue weighted by Crippen LogP contribution is -2.32. The molecule has 1 unspecified atom stereocenters. The molecule has 0 spiro atoms. The minimum atomic E-state index is -1.04. The first-order chi connectivity index (χ1) is 15.3. The van der Waals surface area contributed by atoms with Crippen LogP contribution in [0.1, 0.15) is 41.3 Å². The Labute approximate surface area is 189 Å². The van der Waals surface area contributed by atoms with Gasteiger partial charge in [0.25, 0.3) is 5.91 Å². The molecule has 4 N–H and O–H groups in total. The molecule has 0 fully saturated rings. The Bertz CT molecular complexity index is 1030. The van der Waals surface area contributed by atoms with Gasteiger partial charge < -0.3 is 16.2 Å². The molecule has 0 aliphatic rings. The van der Waals surface area contributed by atoms with Crippen molar-refractivity contribution in [2.75, 3.05) is 6.54 Å². The van der Waals surface area contributed by atoms with E-state index in [0.717, 1.165) is 5.56 Å². The second-order valence-corrected chi connectivity index (χ2v) is 8.39. The maximum atomic E-state index is 12.7. The quantitative estimate of drug-likeness (QED) is 0.467. The minimum absolute atomic E-state index is 0.148. The third-order valence-electron chi connectivity index (χ3n) is 5.72. The van der Waals surface area contributed by atoms with Crippen LogP contribution in [0.2, 0.25) is 0 Å². The second-order valence-electron chi connectivity index (χ2n) is 8.39. The SMILES string of the molecule is CC(C)C(CNC(=O)c1ccc(C[C@H](N)C(=O)O)cc1)c1ccc(-c2ccccc2)cc1. The number of nitrogens with one attached hydrogen (secondary N) is 1. The summed E-state index contributed by atoms with van der Waals surface area (Å²) < 4.78 is 0. The predicted octanol–water partition coefficient (Wildman–Crippen LogP) is 4.48. The van der Waals surface area contributed by atoms with Crippen LogP contribution in [0, 0.1) is 5.92 Å². The number of hydrogen-bond donors (Lipinski definition) is 3. The van der Waals surface area contributed by atoms with E-state index < -0.39 is 12.0 Å². The molecular formula is C27H30N2O3. The molecule has 3 rings (SSSR count). The molecule has 0 saturated heterocycles. The van der Waals surface area contributed by atoms with Crippen LogP contribution in [0.3, 0.4) is 0 Å². The number of carbonyl (C=O) groups excluding carboxylic acids is 1. The lowest BCUT2D eigenvalue weighted by atomic mass is 9.87. The summed E-state index contributed by atoms with van der Waals surface area (Å²) in [5.74, 6) is -0.636. The van der Waals surface area contributed by atoms with Gasteiger partial charge in [-0.15, -0.1) is 0 Å². The number of benzene rings is 3. The maximum absolute atomic E-state index is 12.7. The summed E-state index contributed by atoms with van der Waals surface area (Å²) in [5, 5.41) is 12.0. The highest BCUT2D eigenvalue weighted by molar-refractivity contribution is 5.94. The van der Waals surface area contributed by atoms with E-state index >= 15 is 0 Å². The fraction of sp³-hybridized carbons (Fsp3) is 0.259. The van der Waals surface area contributed by atoms with Crippen molar-refractivity contribution >= 4 is 11.9 Å². The third-order valence-corrected chi connectivity index (χ3v) is 5.72. The van der Waals surface area contributed by atoms with E-state index in [0.29, 0.717) is 18.0 Å². The van der Waals surface area contributed by atoms with Gasteiger partial charge in [-0.2, -0.15) is 0 Å². The van der Waals surface area contributed by atoms with Crippen molar-refractivity contribution in [3.05, 3.63) is 95.6 Å². The molecule has 3 aromatic rings. The van der Waals surface area contributed by atoms with Gasteiger partial charge in [0, 0.05) is 18.0 Å². The van der Waals surface area contributed by atoms with Crippen LogP contribution in [0.5, 0.6) is 0 Å². The monoisotopic (exact) mass is 430 g/mol. The van der Waals surface area contributed by atoms with Crippen molar-refractivity contribution in [3.63, 3.8) is 0 Å². The molecule has 0 bridgehead atoms. The Hall–Kier alpha value is -3.44. The summed E-state index contributed by atoms with van der Waals surface area (Å²) in [4.78, 5) is 23.6. The molecule has 32 heavy (non-hydrogen) atoms. The van der Waals surface area contributed by atoms with Crippen LogP contribution in [-0.2, 0) is 11.2 Å². The molecule has 5 heteroatoms. The van der Waals surface area contributed by atoms with Crippen LogP contribution in [-0.4, -0.2) is 29.6 Å². The second kappa shape index (κ2) is 10.7. The fourth-order valence-electron chi connectivity index (χ4n) is 3.73. The number of carboxylic acid groups (broad SMARTS) is 1. The molecule has 1 amide bonds. The van der Waals surface area contributed by atoms with Crippen molar-refractivity contribution in [2.24, 2.45) is 11.7 Å².